The third-order valence-corrected chi connectivity index (χ3v) is 5.48. The molecule has 0 aromatic heterocycles. The van der Waals surface area contributed by atoms with Crippen LogP contribution >= 0.6 is 0 Å². The maximum atomic E-state index is 14.1. The third-order valence-electron chi connectivity index (χ3n) is 5.48. The van der Waals surface area contributed by atoms with Crippen molar-refractivity contribution in [2.75, 3.05) is 26.7 Å². The molecule has 0 unspecified atom stereocenters. The van der Waals surface area contributed by atoms with Crippen LogP contribution in [0, 0.1) is 23.0 Å². The number of likely N-dealkylation sites (tertiary alicyclic amines) is 1. The first-order valence-electron chi connectivity index (χ1n) is 10.8. The Morgan fingerprint density at radius 3 is 2.59 bits per heavy atom. The van der Waals surface area contributed by atoms with Gasteiger partial charge >= 0.3 is 0 Å². The van der Waals surface area contributed by atoms with Crippen LogP contribution in [0.3, 0.4) is 0 Å². The lowest BCUT2D eigenvalue weighted by Crippen LogP contribution is -2.48. The van der Waals surface area contributed by atoms with Gasteiger partial charge in [-0.3, -0.25) is 4.90 Å². The van der Waals surface area contributed by atoms with Crippen LogP contribution in [-0.2, 0) is 13.1 Å². The summed E-state index contributed by atoms with van der Waals surface area (Å²) in [7, 11) is 1.46. The van der Waals surface area contributed by atoms with E-state index in [-0.39, 0.29) is 24.2 Å². The smallest absolute Gasteiger partial charge is 0.191 e. The quantitative estimate of drug-likeness (QED) is 0.508. The number of rotatable bonds is 7. The van der Waals surface area contributed by atoms with Crippen LogP contribution in [0.25, 0.3) is 0 Å². The summed E-state index contributed by atoms with van der Waals surface area (Å²) in [6, 6.07) is 11.7. The Labute approximate surface area is 187 Å². The molecule has 0 aliphatic carbocycles. The van der Waals surface area contributed by atoms with Crippen molar-refractivity contribution in [3.63, 3.8) is 0 Å². The van der Waals surface area contributed by atoms with E-state index < -0.39 is 5.82 Å². The molecule has 32 heavy (non-hydrogen) atoms. The summed E-state index contributed by atoms with van der Waals surface area (Å²) >= 11 is 0. The van der Waals surface area contributed by atoms with Crippen molar-refractivity contribution < 1.29 is 13.5 Å². The van der Waals surface area contributed by atoms with Crippen molar-refractivity contribution in [3.8, 4) is 11.8 Å². The Morgan fingerprint density at radius 1 is 1.19 bits per heavy atom. The number of hydrogen-bond acceptors (Lipinski definition) is 4. The Bertz CT molecular complexity index is 981. The van der Waals surface area contributed by atoms with Gasteiger partial charge in [-0.05, 0) is 49.6 Å². The predicted octanol–water partition coefficient (Wildman–Crippen LogP) is 3.56. The normalized spacial score (nSPS) is 15.3. The van der Waals surface area contributed by atoms with E-state index in [2.05, 4.69) is 20.5 Å². The van der Waals surface area contributed by atoms with E-state index in [1.54, 1.807) is 18.2 Å². The Kier molecular flexibility index (Phi) is 8.40. The summed E-state index contributed by atoms with van der Waals surface area (Å²) in [6.45, 7) is 5.33. The number of hydrogen-bond donors (Lipinski definition) is 2. The topological polar surface area (TPSA) is 72.7 Å². The summed E-state index contributed by atoms with van der Waals surface area (Å²) in [6.07, 6.45) is 1.85. The first-order valence-corrected chi connectivity index (χ1v) is 10.8. The van der Waals surface area contributed by atoms with Crippen molar-refractivity contribution in [1.29, 1.82) is 5.26 Å². The van der Waals surface area contributed by atoms with Gasteiger partial charge < -0.3 is 15.4 Å². The fourth-order valence-corrected chi connectivity index (χ4v) is 3.72. The summed E-state index contributed by atoms with van der Waals surface area (Å²) < 4.78 is 33.0. The highest BCUT2D eigenvalue weighted by Crippen LogP contribution is 2.20. The van der Waals surface area contributed by atoms with Gasteiger partial charge in [0.1, 0.15) is 5.82 Å². The van der Waals surface area contributed by atoms with Gasteiger partial charge in [0.15, 0.2) is 17.5 Å². The number of ether oxygens (including phenoxy) is 1. The summed E-state index contributed by atoms with van der Waals surface area (Å²) in [5.41, 5.74) is 1.67. The SMILES string of the molecule is CCNC(=NCc1ccc(C#N)cc1F)NC1CCN(Cc2ccc(OC)c(F)c2)CC1. The van der Waals surface area contributed by atoms with E-state index in [0.29, 0.717) is 30.2 Å². The van der Waals surface area contributed by atoms with Crippen molar-refractivity contribution in [2.45, 2.75) is 38.9 Å². The standard InChI is InChI=1S/C24H29F2N5O/c1-3-28-24(29-15-19-6-4-17(14-27)12-21(19)25)30-20-8-10-31(11-9-20)16-18-5-7-23(32-2)22(26)13-18/h4-7,12-13,20H,3,8-11,15-16H2,1-2H3,(H2,28,29,30). The number of nitrogens with zero attached hydrogens (tertiary/aromatic N) is 3. The molecule has 3 rings (SSSR count). The van der Waals surface area contributed by atoms with Crippen LogP contribution in [0.4, 0.5) is 8.78 Å². The summed E-state index contributed by atoms with van der Waals surface area (Å²) in [5, 5.41) is 15.5. The number of benzene rings is 2. The molecule has 170 valence electrons. The predicted molar refractivity (Wildman–Crippen MR) is 120 cm³/mol. The number of nitrogens with one attached hydrogen (secondary N) is 2. The molecule has 2 N–H and O–H groups in total. The van der Waals surface area contributed by atoms with Crippen molar-refractivity contribution in [3.05, 3.63) is 64.7 Å². The zero-order valence-electron chi connectivity index (χ0n) is 18.5. The number of halogens is 2. The molecule has 1 saturated heterocycles. The highest BCUT2D eigenvalue weighted by Gasteiger charge is 2.20. The van der Waals surface area contributed by atoms with Crippen molar-refractivity contribution >= 4 is 5.96 Å². The Hall–Kier alpha value is -3.18. The van der Waals surface area contributed by atoms with Gasteiger partial charge in [-0.25, -0.2) is 13.8 Å². The first-order chi connectivity index (χ1) is 15.5. The average molecular weight is 442 g/mol. The maximum absolute atomic E-state index is 14.1. The Balaban J connectivity index is 1.53. The first kappa shape index (κ1) is 23.5. The molecule has 2 aromatic rings. The van der Waals surface area contributed by atoms with Crippen LogP contribution in [0.5, 0.6) is 5.75 Å². The van der Waals surface area contributed by atoms with Crippen LogP contribution in [-0.4, -0.2) is 43.6 Å². The molecule has 0 bridgehead atoms. The number of aliphatic imine (C=N–C) groups is 1. The maximum Gasteiger partial charge on any atom is 0.191 e. The molecular weight excluding hydrogens is 412 g/mol. The minimum atomic E-state index is -0.424. The molecule has 2 aromatic carbocycles. The highest BCUT2D eigenvalue weighted by molar-refractivity contribution is 5.80. The molecular formula is C24H29F2N5O. The minimum absolute atomic E-state index is 0.189. The van der Waals surface area contributed by atoms with E-state index in [0.717, 1.165) is 31.5 Å². The number of nitriles is 1. The molecule has 1 heterocycles. The third kappa shape index (κ3) is 6.41. The van der Waals surface area contributed by atoms with Crippen LogP contribution in [0.1, 0.15) is 36.5 Å². The van der Waals surface area contributed by atoms with E-state index >= 15 is 0 Å². The second kappa shape index (κ2) is 11.4. The number of piperidine rings is 1. The minimum Gasteiger partial charge on any atom is -0.494 e. The van der Waals surface area contributed by atoms with Crippen LogP contribution < -0.4 is 15.4 Å². The Morgan fingerprint density at radius 2 is 1.97 bits per heavy atom. The van der Waals surface area contributed by atoms with Gasteiger partial charge in [0, 0.05) is 37.8 Å². The zero-order chi connectivity index (χ0) is 22.9. The second-order valence-electron chi connectivity index (χ2n) is 7.78. The number of methoxy groups -OCH3 is 1. The average Bonchev–Trinajstić information content (AvgIpc) is 2.79. The van der Waals surface area contributed by atoms with E-state index in [4.69, 9.17) is 10.00 Å². The fraction of sp³-hybridized carbons (Fsp3) is 0.417. The van der Waals surface area contributed by atoms with Gasteiger partial charge in [0.05, 0.1) is 25.3 Å². The van der Waals surface area contributed by atoms with Crippen molar-refractivity contribution in [2.24, 2.45) is 4.99 Å². The highest BCUT2D eigenvalue weighted by atomic mass is 19.1. The summed E-state index contributed by atoms with van der Waals surface area (Å²) in [4.78, 5) is 6.81. The molecule has 6 nitrogen and oxygen atoms in total. The second-order valence-corrected chi connectivity index (χ2v) is 7.78. The van der Waals surface area contributed by atoms with Gasteiger partial charge in [-0.15, -0.1) is 0 Å². The van der Waals surface area contributed by atoms with Crippen LogP contribution in [0.2, 0.25) is 0 Å². The lowest BCUT2D eigenvalue weighted by atomic mass is 10.0. The molecule has 8 heteroatoms. The lowest BCUT2D eigenvalue weighted by Gasteiger charge is -2.33. The lowest BCUT2D eigenvalue weighted by molar-refractivity contribution is 0.198. The molecule has 0 atom stereocenters. The van der Waals surface area contributed by atoms with Crippen LogP contribution in [0.15, 0.2) is 41.4 Å². The monoisotopic (exact) mass is 441 g/mol. The summed E-state index contributed by atoms with van der Waals surface area (Å²) in [5.74, 6) is 0.137. The van der Waals surface area contributed by atoms with Gasteiger partial charge in [-0.2, -0.15) is 5.26 Å². The van der Waals surface area contributed by atoms with E-state index in [9.17, 15) is 8.78 Å². The van der Waals surface area contributed by atoms with Gasteiger partial charge in [0.2, 0.25) is 0 Å². The van der Waals surface area contributed by atoms with Gasteiger partial charge in [-0.1, -0.05) is 12.1 Å². The van der Waals surface area contributed by atoms with Gasteiger partial charge in [0.25, 0.3) is 0 Å². The largest absolute Gasteiger partial charge is 0.494 e. The molecule has 1 aliphatic heterocycles. The molecule has 0 spiro atoms. The number of guanidine groups is 1. The molecule has 0 amide bonds. The molecule has 1 aliphatic rings. The molecule has 1 fully saturated rings. The van der Waals surface area contributed by atoms with E-state index in [1.807, 2.05) is 19.1 Å². The van der Waals surface area contributed by atoms with E-state index in [1.165, 1.54) is 19.2 Å². The molecule has 0 radical (unpaired) electrons. The molecule has 0 saturated carbocycles. The van der Waals surface area contributed by atoms with Crippen molar-refractivity contribution in [1.82, 2.24) is 15.5 Å². The fourth-order valence-electron chi connectivity index (χ4n) is 3.72. The zero-order valence-corrected chi connectivity index (χ0v) is 18.5.